The maximum atomic E-state index is 15.0. The number of aryl methyl sites for hydroxylation is 2. The molecule has 174 valence electrons. The molecule has 1 N–H and O–H groups in total. The minimum atomic E-state index is -1.15. The Hall–Kier alpha value is -4.10. The van der Waals surface area contributed by atoms with Gasteiger partial charge >= 0.3 is 0 Å². The van der Waals surface area contributed by atoms with Crippen LogP contribution in [0.2, 0.25) is 0 Å². The van der Waals surface area contributed by atoms with E-state index in [0.29, 0.717) is 0 Å². The number of fused-ring (bicyclic) bond motifs is 1. The van der Waals surface area contributed by atoms with Crippen LogP contribution in [0.1, 0.15) is 28.3 Å². The zero-order chi connectivity index (χ0) is 24.7. The van der Waals surface area contributed by atoms with Crippen LogP contribution in [0.25, 0.3) is 16.3 Å². The first-order valence-electron chi connectivity index (χ1n) is 11.0. The van der Waals surface area contributed by atoms with Crippen molar-refractivity contribution in [3.05, 3.63) is 112 Å². The van der Waals surface area contributed by atoms with Gasteiger partial charge in [-0.05, 0) is 48.7 Å². The number of hydrogen-bond donors (Lipinski definition) is 1. The molecule has 0 saturated heterocycles. The number of carbonyl (C=O) groups is 2. The summed E-state index contributed by atoms with van der Waals surface area (Å²) in [6.07, 6.45) is 2.88. The van der Waals surface area contributed by atoms with Gasteiger partial charge in [0.25, 0.3) is 5.91 Å². The first kappa shape index (κ1) is 22.7. The van der Waals surface area contributed by atoms with Gasteiger partial charge in [-0.2, -0.15) is 0 Å². The molecule has 2 heterocycles. The molecule has 1 aromatic heterocycles. The molecule has 1 aliphatic heterocycles. The molecule has 3 aromatic carbocycles. The summed E-state index contributed by atoms with van der Waals surface area (Å²) in [6, 6.07) is 17.9. The van der Waals surface area contributed by atoms with Gasteiger partial charge in [0.05, 0.1) is 15.8 Å². The van der Waals surface area contributed by atoms with E-state index in [4.69, 9.17) is 0 Å². The van der Waals surface area contributed by atoms with Crippen molar-refractivity contribution in [1.82, 2.24) is 4.98 Å². The van der Waals surface area contributed by atoms with E-state index in [1.54, 1.807) is 12.1 Å². The highest BCUT2D eigenvalue weighted by molar-refractivity contribution is 7.22. The van der Waals surface area contributed by atoms with Gasteiger partial charge in [0, 0.05) is 5.56 Å². The highest BCUT2D eigenvalue weighted by Crippen LogP contribution is 2.44. The molecule has 0 bridgehead atoms. The highest BCUT2D eigenvalue weighted by Gasteiger charge is 2.46. The van der Waals surface area contributed by atoms with Crippen molar-refractivity contribution in [2.75, 3.05) is 4.90 Å². The Morgan fingerprint density at radius 1 is 1.09 bits per heavy atom. The Balaban J connectivity index is 1.64. The molecule has 0 fully saturated rings. The Morgan fingerprint density at radius 3 is 2.54 bits per heavy atom. The number of halogens is 1. The Bertz CT molecular complexity index is 1540. The molecule has 1 unspecified atom stereocenters. The first-order valence-corrected chi connectivity index (χ1v) is 11.8. The maximum absolute atomic E-state index is 15.0. The summed E-state index contributed by atoms with van der Waals surface area (Å²) in [5.74, 6) is -2.66. The number of thiazole rings is 1. The largest absolute Gasteiger partial charge is 0.503 e. The summed E-state index contributed by atoms with van der Waals surface area (Å²) in [5.41, 5.74) is 3.41. The van der Waals surface area contributed by atoms with Crippen LogP contribution in [0, 0.1) is 19.7 Å². The number of ketones is 1. The van der Waals surface area contributed by atoms with Gasteiger partial charge in [0.1, 0.15) is 11.9 Å². The van der Waals surface area contributed by atoms with Crippen LogP contribution in [-0.2, 0) is 9.59 Å². The molecule has 0 saturated carbocycles. The number of benzene rings is 3. The van der Waals surface area contributed by atoms with Crippen LogP contribution < -0.4 is 4.90 Å². The summed E-state index contributed by atoms with van der Waals surface area (Å²) < 4.78 is 15.9. The van der Waals surface area contributed by atoms with Crippen molar-refractivity contribution in [2.45, 2.75) is 19.9 Å². The number of anilines is 1. The third-order valence-corrected chi connectivity index (χ3v) is 6.93. The number of amides is 1. The van der Waals surface area contributed by atoms with Crippen molar-refractivity contribution in [1.29, 1.82) is 0 Å². The lowest BCUT2D eigenvalue weighted by Crippen LogP contribution is -2.31. The maximum Gasteiger partial charge on any atom is 0.296 e. The first-order chi connectivity index (χ1) is 16.8. The number of carbonyl (C=O) groups excluding carboxylic acids is 2. The number of hydrogen-bond acceptors (Lipinski definition) is 5. The van der Waals surface area contributed by atoms with Gasteiger partial charge in [0.2, 0.25) is 0 Å². The van der Waals surface area contributed by atoms with E-state index in [9.17, 15) is 14.7 Å². The van der Waals surface area contributed by atoms with E-state index in [0.717, 1.165) is 26.9 Å². The summed E-state index contributed by atoms with van der Waals surface area (Å²) >= 11 is 1.26. The second-order valence-corrected chi connectivity index (χ2v) is 9.40. The van der Waals surface area contributed by atoms with Gasteiger partial charge in [-0.15, -0.1) is 0 Å². The van der Waals surface area contributed by atoms with E-state index < -0.39 is 29.3 Å². The highest BCUT2D eigenvalue weighted by atomic mass is 32.1. The third-order valence-electron chi connectivity index (χ3n) is 5.92. The summed E-state index contributed by atoms with van der Waals surface area (Å²) in [4.78, 5) is 32.5. The van der Waals surface area contributed by atoms with E-state index in [1.807, 2.05) is 56.3 Å². The van der Waals surface area contributed by atoms with Crippen LogP contribution in [0.15, 0.2) is 84.1 Å². The Morgan fingerprint density at radius 2 is 1.80 bits per heavy atom. The summed E-state index contributed by atoms with van der Waals surface area (Å²) in [7, 11) is 0. The van der Waals surface area contributed by atoms with Crippen molar-refractivity contribution >= 4 is 44.5 Å². The zero-order valence-corrected chi connectivity index (χ0v) is 19.8. The summed E-state index contributed by atoms with van der Waals surface area (Å²) in [5, 5.41) is 11.1. The molecule has 5 rings (SSSR count). The number of rotatable bonds is 5. The lowest BCUT2D eigenvalue weighted by molar-refractivity contribution is -0.117. The average Bonchev–Trinajstić information content (AvgIpc) is 3.37. The second kappa shape index (κ2) is 8.92. The van der Waals surface area contributed by atoms with Crippen molar-refractivity contribution in [3.8, 4) is 0 Å². The molecule has 1 amide bonds. The SMILES string of the molecule is Cc1cc(C)c2nc(N3C(=O)C(O)=C(C(=O)/C=C/c4ccccc4)C3c3ccccc3F)sc2c1. The molecular weight excluding hydrogens is 463 g/mol. The van der Waals surface area contributed by atoms with E-state index in [1.165, 1.54) is 40.5 Å². The lowest BCUT2D eigenvalue weighted by atomic mass is 9.95. The molecule has 1 atom stereocenters. The third kappa shape index (κ3) is 4.04. The topological polar surface area (TPSA) is 70.5 Å². The van der Waals surface area contributed by atoms with Crippen LogP contribution in [0.5, 0.6) is 0 Å². The van der Waals surface area contributed by atoms with E-state index in [-0.39, 0.29) is 16.3 Å². The molecule has 0 radical (unpaired) electrons. The van der Waals surface area contributed by atoms with Gasteiger partial charge in [0.15, 0.2) is 16.7 Å². The number of nitrogens with zero attached hydrogens (tertiary/aromatic N) is 2. The fraction of sp³-hybridized carbons (Fsp3) is 0.107. The Labute approximate surface area is 205 Å². The summed E-state index contributed by atoms with van der Waals surface area (Å²) in [6.45, 7) is 3.90. The van der Waals surface area contributed by atoms with E-state index >= 15 is 4.39 Å². The fourth-order valence-corrected chi connectivity index (χ4v) is 5.50. The smallest absolute Gasteiger partial charge is 0.296 e. The number of allylic oxidation sites excluding steroid dienone is 1. The predicted molar refractivity (Wildman–Crippen MR) is 136 cm³/mol. The molecule has 0 spiro atoms. The van der Waals surface area contributed by atoms with Crippen molar-refractivity contribution in [2.24, 2.45) is 0 Å². The fourth-order valence-electron chi connectivity index (χ4n) is 4.33. The monoisotopic (exact) mass is 484 g/mol. The van der Waals surface area contributed by atoms with Crippen LogP contribution in [-0.4, -0.2) is 21.8 Å². The van der Waals surface area contributed by atoms with E-state index in [2.05, 4.69) is 4.98 Å². The molecule has 1 aliphatic rings. The number of aromatic nitrogens is 1. The zero-order valence-electron chi connectivity index (χ0n) is 19.0. The standard InChI is InChI=1S/C28H21FN2O3S/c1-16-14-17(2)24-22(15-16)35-28(30-24)31-25(19-10-6-7-11-20(19)29)23(26(33)27(31)34)21(32)13-12-18-8-4-3-5-9-18/h3-15,25,33H,1-2H3/b13-12+. The van der Waals surface area contributed by atoms with Gasteiger partial charge in [-0.3, -0.25) is 14.5 Å². The minimum Gasteiger partial charge on any atom is -0.503 e. The molecular formula is C28H21FN2O3S. The second-order valence-electron chi connectivity index (χ2n) is 8.39. The van der Waals surface area contributed by atoms with Crippen molar-refractivity contribution in [3.63, 3.8) is 0 Å². The van der Waals surface area contributed by atoms with Crippen molar-refractivity contribution < 1.29 is 19.1 Å². The Kier molecular flexibility index (Phi) is 5.78. The average molecular weight is 485 g/mol. The molecule has 4 aromatic rings. The van der Waals surface area contributed by atoms with Gasteiger partial charge in [-0.25, -0.2) is 9.37 Å². The molecule has 0 aliphatic carbocycles. The van der Waals surface area contributed by atoms with Crippen LogP contribution in [0.3, 0.4) is 0 Å². The minimum absolute atomic E-state index is 0.105. The predicted octanol–water partition coefficient (Wildman–Crippen LogP) is 6.23. The van der Waals surface area contributed by atoms with Crippen LogP contribution >= 0.6 is 11.3 Å². The van der Waals surface area contributed by atoms with Gasteiger partial charge in [-0.1, -0.05) is 72.0 Å². The molecule has 35 heavy (non-hydrogen) atoms. The quantitative estimate of drug-likeness (QED) is 0.341. The molecule has 5 nitrogen and oxygen atoms in total. The molecule has 7 heteroatoms. The lowest BCUT2D eigenvalue weighted by Gasteiger charge is -2.24. The number of aliphatic hydroxyl groups is 1. The number of aliphatic hydroxyl groups excluding tert-OH is 1. The normalized spacial score (nSPS) is 16.1. The van der Waals surface area contributed by atoms with Gasteiger partial charge < -0.3 is 5.11 Å². The van der Waals surface area contributed by atoms with Crippen LogP contribution in [0.4, 0.5) is 9.52 Å².